The zero-order valence-corrected chi connectivity index (χ0v) is 32.2. The molecule has 258 valence electrons. The van der Waals surface area contributed by atoms with E-state index in [4.69, 9.17) is 0 Å². The van der Waals surface area contributed by atoms with Crippen molar-refractivity contribution in [3.63, 3.8) is 0 Å². The Morgan fingerprint density at radius 2 is 1.49 bits per heavy atom. The topological polar surface area (TPSA) is 0 Å². The molecule has 4 aliphatic rings. The lowest BCUT2D eigenvalue weighted by Gasteiger charge is -2.57. The van der Waals surface area contributed by atoms with Gasteiger partial charge in [-0.2, -0.15) is 0 Å². The molecule has 3 saturated carbocycles. The van der Waals surface area contributed by atoms with Crippen LogP contribution in [0.3, 0.4) is 0 Å². The maximum absolute atomic E-state index is 4.16. The number of allylic oxidation sites excluding steroid dienone is 5. The Hall–Kier alpha value is -2.60. The highest BCUT2D eigenvalue weighted by atomic mass is 14.6. The molecule has 6 rings (SSSR count). The molecule has 0 aromatic heterocycles. The highest BCUT2D eigenvalue weighted by molar-refractivity contribution is 5.43. The molecule has 0 amide bonds. The smallest absolute Gasteiger partial charge is 0.0100 e. The van der Waals surface area contributed by atoms with Gasteiger partial charge in [0, 0.05) is 5.41 Å². The molecule has 0 heteroatoms. The Morgan fingerprint density at radius 1 is 0.809 bits per heavy atom. The third kappa shape index (κ3) is 9.31. The first-order valence-corrected chi connectivity index (χ1v) is 19.0. The van der Waals surface area contributed by atoms with Crippen LogP contribution in [-0.4, -0.2) is 0 Å². The molecule has 5 unspecified atom stereocenters. The fourth-order valence-corrected chi connectivity index (χ4v) is 9.33. The van der Waals surface area contributed by atoms with Crippen molar-refractivity contribution in [3.05, 3.63) is 119 Å². The Balaban J connectivity index is 0.000000214. The predicted molar refractivity (Wildman–Crippen MR) is 210 cm³/mol. The number of benzene rings is 2. The van der Waals surface area contributed by atoms with Crippen LogP contribution in [0, 0.1) is 67.1 Å². The second-order valence-electron chi connectivity index (χ2n) is 16.4. The summed E-state index contributed by atoms with van der Waals surface area (Å²) in [5, 5.41) is 0. The van der Waals surface area contributed by atoms with Crippen LogP contribution in [0.4, 0.5) is 0 Å². The molecule has 47 heavy (non-hydrogen) atoms. The van der Waals surface area contributed by atoms with Crippen molar-refractivity contribution < 1.29 is 0 Å². The van der Waals surface area contributed by atoms with E-state index in [0.29, 0.717) is 10.8 Å². The van der Waals surface area contributed by atoms with Crippen molar-refractivity contribution in [2.45, 2.75) is 127 Å². The predicted octanol–water partition coefficient (Wildman–Crippen LogP) is 13.8. The van der Waals surface area contributed by atoms with E-state index in [1.54, 1.807) is 5.57 Å². The quantitative estimate of drug-likeness (QED) is 0.287. The monoisotopic (exact) mass is 635 g/mol. The molecule has 3 fully saturated rings. The number of aryl methyl sites for hydroxylation is 5. The lowest BCUT2D eigenvalue weighted by molar-refractivity contribution is -0.0339. The minimum atomic E-state index is 0.329. The minimum absolute atomic E-state index is 0.329. The van der Waals surface area contributed by atoms with Gasteiger partial charge in [0.05, 0.1) is 0 Å². The molecular formula is C47H70. The maximum Gasteiger partial charge on any atom is 0.0100 e. The summed E-state index contributed by atoms with van der Waals surface area (Å²) in [6.45, 7) is 33.2. The second-order valence-corrected chi connectivity index (χ2v) is 16.4. The van der Waals surface area contributed by atoms with Gasteiger partial charge in [0.1, 0.15) is 0 Å². The Morgan fingerprint density at radius 3 is 2.11 bits per heavy atom. The fraction of sp³-hybridized carbons (Fsp3) is 0.574. The van der Waals surface area contributed by atoms with E-state index in [-0.39, 0.29) is 0 Å². The lowest BCUT2D eigenvalue weighted by Crippen LogP contribution is -2.49. The summed E-state index contributed by atoms with van der Waals surface area (Å²) in [6, 6.07) is 15.5. The van der Waals surface area contributed by atoms with Crippen LogP contribution < -0.4 is 0 Å². The molecule has 2 aromatic carbocycles. The van der Waals surface area contributed by atoms with Gasteiger partial charge in [0.2, 0.25) is 0 Å². The third-order valence-electron chi connectivity index (χ3n) is 12.9. The number of rotatable bonds is 5. The van der Waals surface area contributed by atoms with Crippen molar-refractivity contribution in [1.82, 2.24) is 0 Å². The molecule has 0 radical (unpaired) electrons. The first-order chi connectivity index (χ1) is 22.3. The average Bonchev–Trinajstić information content (AvgIpc) is 3.39. The highest BCUT2D eigenvalue weighted by Gasteiger charge is 2.57. The van der Waals surface area contributed by atoms with Crippen LogP contribution in [0.15, 0.2) is 91.6 Å². The normalized spacial score (nSPS) is 28.8. The molecule has 0 saturated heterocycles. The highest BCUT2D eigenvalue weighted by Crippen LogP contribution is 2.66. The first kappa shape index (κ1) is 38.8. The van der Waals surface area contributed by atoms with Crippen molar-refractivity contribution >= 4 is 0 Å². The van der Waals surface area contributed by atoms with Gasteiger partial charge in [-0.1, -0.05) is 139 Å². The van der Waals surface area contributed by atoms with E-state index in [2.05, 4.69) is 150 Å². The van der Waals surface area contributed by atoms with Crippen LogP contribution in [-0.2, 0) is 12.8 Å². The summed E-state index contributed by atoms with van der Waals surface area (Å²) in [7, 11) is 0. The molecule has 0 N–H and O–H groups in total. The van der Waals surface area contributed by atoms with Gasteiger partial charge in [0.15, 0.2) is 0 Å². The maximum atomic E-state index is 4.16. The standard InChI is InChI=1S/C22H32.C17H20.C6H14.C2H4/c1-5-16-7-9-19-18-8-6-17-14-15(2)10-12-22(17,4)20(18)11-13-21(16,19)3;1-13-5-4-6-16(12-13)8-10-17-9-7-14(2)11-15(17)3;1-5(2)6(3)4;1-2/h10,12,14,16,18-20H,2,5-9,11,13H2,1,3-4H3;4-7,9,11-12H,8,10H2,1-3H3;5-6H,1-4H3;1-2H2/t16?,18?,19?,20-,21?,22?;;;/m0.../s1. The number of hydrogen-bond donors (Lipinski definition) is 0. The van der Waals surface area contributed by atoms with Gasteiger partial charge in [-0.25, -0.2) is 0 Å². The van der Waals surface area contributed by atoms with E-state index < -0.39 is 0 Å². The summed E-state index contributed by atoms with van der Waals surface area (Å²) in [4.78, 5) is 0. The molecular weight excluding hydrogens is 565 g/mol. The van der Waals surface area contributed by atoms with E-state index in [0.717, 1.165) is 48.3 Å². The molecule has 0 spiro atoms. The molecule has 2 aromatic rings. The van der Waals surface area contributed by atoms with Crippen LogP contribution in [0.25, 0.3) is 0 Å². The van der Waals surface area contributed by atoms with Crippen LogP contribution >= 0.6 is 0 Å². The van der Waals surface area contributed by atoms with Crippen LogP contribution in [0.1, 0.15) is 121 Å². The summed E-state index contributed by atoms with van der Waals surface area (Å²) in [6.07, 6.45) is 19.5. The first-order valence-electron chi connectivity index (χ1n) is 19.0. The van der Waals surface area contributed by atoms with Gasteiger partial charge in [0.25, 0.3) is 0 Å². The fourth-order valence-electron chi connectivity index (χ4n) is 9.33. The van der Waals surface area contributed by atoms with Crippen molar-refractivity contribution in [3.8, 4) is 0 Å². The summed E-state index contributed by atoms with van der Waals surface area (Å²) in [5.41, 5.74) is 10.9. The molecule has 0 nitrogen and oxygen atoms in total. The second kappa shape index (κ2) is 17.2. The SMILES string of the molecule is C=C.C=C1C=CC2(C)C(=C1)CCC1C3CCC(CC)C3(C)CC[C@@H]12.CC(C)C(C)C.Cc1cccc(CCc2ccc(C)cc2C)c1. The Kier molecular flexibility index (Phi) is 14.2. The summed E-state index contributed by atoms with van der Waals surface area (Å²) < 4.78 is 0. The van der Waals surface area contributed by atoms with Crippen molar-refractivity contribution in [1.29, 1.82) is 0 Å². The minimum Gasteiger partial charge on any atom is -0.106 e. The molecule has 6 atom stereocenters. The molecule has 0 bridgehead atoms. The van der Waals surface area contributed by atoms with E-state index in [1.165, 1.54) is 78.3 Å². The summed E-state index contributed by atoms with van der Waals surface area (Å²) in [5.74, 6) is 5.53. The van der Waals surface area contributed by atoms with E-state index in [1.807, 2.05) is 0 Å². The van der Waals surface area contributed by atoms with Gasteiger partial charge < -0.3 is 0 Å². The van der Waals surface area contributed by atoms with Crippen molar-refractivity contribution in [2.24, 2.45) is 46.3 Å². The molecule has 0 aliphatic heterocycles. The van der Waals surface area contributed by atoms with Gasteiger partial charge in [-0.3, -0.25) is 0 Å². The number of fused-ring (bicyclic) bond motifs is 5. The zero-order valence-electron chi connectivity index (χ0n) is 32.2. The van der Waals surface area contributed by atoms with Gasteiger partial charge >= 0.3 is 0 Å². The molecule has 4 aliphatic carbocycles. The van der Waals surface area contributed by atoms with Crippen LogP contribution in [0.2, 0.25) is 0 Å². The largest absolute Gasteiger partial charge is 0.106 e. The van der Waals surface area contributed by atoms with E-state index in [9.17, 15) is 0 Å². The van der Waals surface area contributed by atoms with Crippen molar-refractivity contribution in [2.75, 3.05) is 0 Å². The average molecular weight is 635 g/mol. The zero-order chi connectivity index (χ0) is 34.9. The molecule has 0 heterocycles. The van der Waals surface area contributed by atoms with Gasteiger partial charge in [-0.15, -0.1) is 13.2 Å². The summed E-state index contributed by atoms with van der Waals surface area (Å²) >= 11 is 0. The van der Waals surface area contributed by atoms with E-state index >= 15 is 0 Å². The Bertz CT molecular complexity index is 1360. The van der Waals surface area contributed by atoms with Crippen LogP contribution in [0.5, 0.6) is 0 Å². The van der Waals surface area contributed by atoms with Gasteiger partial charge in [-0.05, 0) is 135 Å². The third-order valence-corrected chi connectivity index (χ3v) is 12.9. The lowest BCUT2D eigenvalue weighted by atomic mass is 9.47. The Labute approximate surface area is 291 Å². The number of hydrogen-bond acceptors (Lipinski definition) is 0.